The predicted octanol–water partition coefficient (Wildman–Crippen LogP) is 3.81. The van der Waals surface area contributed by atoms with E-state index in [4.69, 9.17) is 0 Å². The summed E-state index contributed by atoms with van der Waals surface area (Å²) in [5.41, 5.74) is 4.56. The van der Waals surface area contributed by atoms with Gasteiger partial charge in [-0.15, -0.1) is 10.2 Å². The van der Waals surface area contributed by atoms with E-state index in [2.05, 4.69) is 36.0 Å². The van der Waals surface area contributed by atoms with Crippen LogP contribution in [0.3, 0.4) is 0 Å². The van der Waals surface area contributed by atoms with Crippen molar-refractivity contribution in [3.63, 3.8) is 0 Å². The maximum absolute atomic E-state index is 11.9. The molecule has 2 amide bonds. The predicted molar refractivity (Wildman–Crippen MR) is 102 cm³/mol. The van der Waals surface area contributed by atoms with Crippen molar-refractivity contribution in [3.8, 4) is 0 Å². The fourth-order valence-electron chi connectivity index (χ4n) is 2.35. The molecule has 0 aliphatic heterocycles. The van der Waals surface area contributed by atoms with E-state index in [1.54, 1.807) is 23.9 Å². The average Bonchev–Trinajstić information content (AvgIpc) is 3.30. The summed E-state index contributed by atoms with van der Waals surface area (Å²) in [4.78, 5) is 16.4. The molecule has 0 aliphatic rings. The number of carbonyl (C=O) groups excluding carboxylic acids is 1. The lowest BCUT2D eigenvalue weighted by atomic mass is 10.2. The van der Waals surface area contributed by atoms with E-state index in [0.29, 0.717) is 10.8 Å². The van der Waals surface area contributed by atoms with Gasteiger partial charge in [0, 0.05) is 11.1 Å². The minimum absolute atomic E-state index is 0.387. The number of hydrogen-bond donors (Lipinski definition) is 3. The van der Waals surface area contributed by atoms with Crippen LogP contribution in [-0.4, -0.2) is 32.6 Å². The van der Waals surface area contributed by atoms with E-state index < -0.39 is 0 Å². The summed E-state index contributed by atoms with van der Waals surface area (Å²) in [7, 11) is 0. The maximum Gasteiger partial charge on any atom is 0.325 e. The molecule has 8 nitrogen and oxygen atoms in total. The van der Waals surface area contributed by atoms with Crippen LogP contribution >= 0.6 is 11.3 Å². The number of carbonyl (C=O) groups is 1. The number of rotatable bonds is 4. The van der Waals surface area contributed by atoms with Crippen LogP contribution < -0.4 is 10.6 Å². The monoisotopic (exact) mass is 363 g/mol. The van der Waals surface area contributed by atoms with Crippen LogP contribution in [0.25, 0.3) is 10.9 Å². The summed E-state index contributed by atoms with van der Waals surface area (Å²) >= 11 is 1.25. The summed E-state index contributed by atoms with van der Waals surface area (Å²) in [5.74, 6) is 0. The molecule has 0 unspecified atom stereocenters. The first-order valence-electron chi connectivity index (χ1n) is 7.69. The summed E-state index contributed by atoms with van der Waals surface area (Å²) in [6.07, 6.45) is 1.74. The van der Waals surface area contributed by atoms with E-state index in [1.807, 2.05) is 36.4 Å². The third-order valence-electron chi connectivity index (χ3n) is 3.52. The molecule has 128 valence electrons. The Labute approximate surface area is 152 Å². The van der Waals surface area contributed by atoms with Crippen molar-refractivity contribution < 1.29 is 4.79 Å². The van der Waals surface area contributed by atoms with Crippen molar-refractivity contribution in [2.24, 2.45) is 4.99 Å². The van der Waals surface area contributed by atoms with Gasteiger partial charge < -0.3 is 5.32 Å². The summed E-state index contributed by atoms with van der Waals surface area (Å²) in [6.45, 7) is 0. The van der Waals surface area contributed by atoms with Crippen molar-refractivity contribution in [3.05, 3.63) is 59.7 Å². The molecule has 0 aliphatic carbocycles. The average molecular weight is 363 g/mol. The van der Waals surface area contributed by atoms with Gasteiger partial charge in [-0.05, 0) is 30.3 Å². The number of hydrogen-bond acceptors (Lipinski definition) is 6. The summed E-state index contributed by atoms with van der Waals surface area (Å²) in [6, 6.07) is 14.7. The number of H-pyrrole nitrogens is 1. The van der Waals surface area contributed by atoms with Gasteiger partial charge in [-0.2, -0.15) is 5.10 Å². The number of urea groups is 1. The molecule has 9 heteroatoms. The molecule has 3 N–H and O–H groups in total. The van der Waals surface area contributed by atoms with Crippen LogP contribution in [0.2, 0.25) is 0 Å². The number of fused-ring (bicyclic) bond motifs is 1. The number of nitrogens with one attached hydrogen (secondary N) is 3. The van der Waals surface area contributed by atoms with Gasteiger partial charge in [-0.25, -0.2) is 4.79 Å². The van der Waals surface area contributed by atoms with E-state index in [0.717, 1.165) is 22.3 Å². The van der Waals surface area contributed by atoms with Crippen LogP contribution in [0.5, 0.6) is 0 Å². The van der Waals surface area contributed by atoms with E-state index in [9.17, 15) is 4.79 Å². The second-order valence-corrected chi connectivity index (χ2v) is 6.12. The molecule has 2 aromatic carbocycles. The minimum Gasteiger partial charge on any atom is -0.308 e. The number of amides is 2. The summed E-state index contributed by atoms with van der Waals surface area (Å²) in [5, 5.41) is 21.3. The van der Waals surface area contributed by atoms with Crippen LogP contribution in [0.4, 0.5) is 21.3 Å². The van der Waals surface area contributed by atoms with Crippen molar-refractivity contribution >= 4 is 51.0 Å². The minimum atomic E-state index is -0.387. The molecule has 2 aromatic heterocycles. The normalized spacial score (nSPS) is 11.1. The molecule has 0 atom stereocenters. The van der Waals surface area contributed by atoms with Crippen molar-refractivity contribution in [2.45, 2.75) is 0 Å². The molecule has 0 fully saturated rings. The van der Waals surface area contributed by atoms with Crippen molar-refractivity contribution in [1.82, 2.24) is 20.4 Å². The first-order valence-corrected chi connectivity index (χ1v) is 8.57. The Morgan fingerprint density at radius 1 is 1.15 bits per heavy atom. The number of aliphatic imine (C=N–C) groups is 1. The highest BCUT2D eigenvalue weighted by Crippen LogP contribution is 2.20. The molecule has 0 saturated heterocycles. The molecule has 2 heterocycles. The van der Waals surface area contributed by atoms with Gasteiger partial charge in [-0.3, -0.25) is 15.4 Å². The van der Waals surface area contributed by atoms with Crippen LogP contribution in [-0.2, 0) is 0 Å². The lowest BCUT2D eigenvalue weighted by Crippen LogP contribution is -2.19. The third-order valence-corrected chi connectivity index (χ3v) is 4.13. The van der Waals surface area contributed by atoms with E-state index in [1.165, 1.54) is 11.3 Å². The van der Waals surface area contributed by atoms with Crippen LogP contribution in [0.1, 0.15) is 5.69 Å². The first kappa shape index (κ1) is 15.9. The van der Waals surface area contributed by atoms with Crippen LogP contribution in [0, 0.1) is 0 Å². The first-order chi connectivity index (χ1) is 12.8. The molecule has 0 bridgehead atoms. The number of aromatic nitrogens is 4. The molecule has 0 spiro atoms. The smallest absolute Gasteiger partial charge is 0.308 e. The number of aromatic amines is 1. The zero-order valence-corrected chi connectivity index (χ0v) is 14.2. The number of benzene rings is 2. The molecule has 0 radical (unpaired) electrons. The van der Waals surface area contributed by atoms with Gasteiger partial charge in [-0.1, -0.05) is 29.5 Å². The van der Waals surface area contributed by atoms with Crippen molar-refractivity contribution in [2.75, 3.05) is 10.6 Å². The fraction of sp³-hybridized carbons (Fsp3) is 0. The van der Waals surface area contributed by atoms with E-state index in [-0.39, 0.29) is 6.03 Å². The fourth-order valence-corrected chi connectivity index (χ4v) is 2.79. The highest BCUT2D eigenvalue weighted by molar-refractivity contribution is 7.13. The standard InChI is InChI=1S/C17H13N7OS/c25-16(21-17-24-19-10-26-17)20-12-6-7-13-14(8-12)22-23-15(13)9-18-11-4-2-1-3-5-11/h1-10H,(H,22,23)(H2,20,21,24,25). The lowest BCUT2D eigenvalue weighted by Gasteiger charge is -2.04. The van der Waals surface area contributed by atoms with Gasteiger partial charge in [0.1, 0.15) is 5.51 Å². The Bertz CT molecular complexity index is 1060. The highest BCUT2D eigenvalue weighted by atomic mass is 32.1. The topological polar surface area (TPSA) is 108 Å². The quantitative estimate of drug-likeness (QED) is 0.479. The Balaban J connectivity index is 1.50. The molecule has 4 rings (SSSR count). The van der Waals surface area contributed by atoms with Gasteiger partial charge in [0.15, 0.2) is 0 Å². The second-order valence-electron chi connectivity index (χ2n) is 5.29. The molecular formula is C17H13N7OS. The van der Waals surface area contributed by atoms with Gasteiger partial charge in [0.05, 0.1) is 23.1 Å². The molecule has 4 aromatic rings. The SMILES string of the molecule is O=C(Nc1ccc2c(C=Nc3ccccc3)[nH]nc2c1)Nc1nncs1. The van der Waals surface area contributed by atoms with Crippen molar-refractivity contribution in [1.29, 1.82) is 0 Å². The largest absolute Gasteiger partial charge is 0.325 e. The summed E-state index contributed by atoms with van der Waals surface area (Å²) < 4.78 is 0. The number of para-hydroxylation sites is 1. The Hall–Kier alpha value is -3.59. The van der Waals surface area contributed by atoms with Crippen LogP contribution in [0.15, 0.2) is 59.0 Å². The molecule has 26 heavy (non-hydrogen) atoms. The number of nitrogens with zero attached hydrogens (tertiary/aromatic N) is 4. The highest BCUT2D eigenvalue weighted by Gasteiger charge is 2.08. The van der Waals surface area contributed by atoms with E-state index >= 15 is 0 Å². The molecule has 0 saturated carbocycles. The lowest BCUT2D eigenvalue weighted by molar-refractivity contribution is 0.262. The van der Waals surface area contributed by atoms with Gasteiger partial charge in [0.25, 0.3) is 0 Å². The maximum atomic E-state index is 11.9. The zero-order chi connectivity index (χ0) is 17.8. The van der Waals surface area contributed by atoms with Gasteiger partial charge >= 0.3 is 6.03 Å². The number of anilines is 2. The van der Waals surface area contributed by atoms with Gasteiger partial charge in [0.2, 0.25) is 5.13 Å². The zero-order valence-electron chi connectivity index (χ0n) is 13.4. The molecular weight excluding hydrogens is 350 g/mol. The third kappa shape index (κ3) is 3.57. The Morgan fingerprint density at radius 2 is 2.04 bits per heavy atom. The Kier molecular flexibility index (Phi) is 4.35. The Morgan fingerprint density at radius 3 is 2.85 bits per heavy atom. The second kappa shape index (κ2) is 7.11.